The molecule has 0 unspecified atom stereocenters. The molecule has 0 aromatic heterocycles. The molecule has 0 heterocycles. The molecule has 0 radical (unpaired) electrons. The van der Waals surface area contributed by atoms with E-state index in [4.69, 9.17) is 0 Å². The van der Waals surface area contributed by atoms with Crippen LogP contribution < -0.4 is 4.72 Å². The zero-order valence-corrected chi connectivity index (χ0v) is 13.5. The van der Waals surface area contributed by atoms with E-state index in [1.807, 2.05) is 30.3 Å². The Balaban J connectivity index is 2.20. The lowest BCUT2D eigenvalue weighted by Gasteiger charge is -2.05. The standard InChI is InChI=1S/C15H13N3O6S/c19-17(20)13-8-9-15(14(11-13)18(21)22)25(23,24)16-10-4-7-12-5-2-1-3-6-12/h1-9,11,16H,10H2/b7-4-. The van der Waals surface area contributed by atoms with Gasteiger partial charge in [0.2, 0.25) is 10.0 Å². The highest BCUT2D eigenvalue weighted by Gasteiger charge is 2.28. The van der Waals surface area contributed by atoms with E-state index in [0.29, 0.717) is 6.07 Å². The fourth-order valence-corrected chi connectivity index (χ4v) is 3.11. The predicted molar refractivity (Wildman–Crippen MR) is 90.4 cm³/mol. The van der Waals surface area contributed by atoms with Gasteiger partial charge in [-0.05, 0) is 11.6 Å². The van der Waals surface area contributed by atoms with Crippen LogP contribution in [0.5, 0.6) is 0 Å². The SMILES string of the molecule is O=[N+]([O-])c1ccc(S(=O)(=O)NC/C=C\c2ccccc2)c([N+](=O)[O-])c1. The van der Waals surface area contributed by atoms with Crippen LogP contribution in [-0.2, 0) is 10.0 Å². The van der Waals surface area contributed by atoms with Crippen LogP contribution in [-0.4, -0.2) is 24.8 Å². The maximum atomic E-state index is 12.2. The van der Waals surface area contributed by atoms with Gasteiger partial charge in [-0.25, -0.2) is 13.1 Å². The van der Waals surface area contributed by atoms with Crippen molar-refractivity contribution in [1.29, 1.82) is 0 Å². The van der Waals surface area contributed by atoms with Crippen LogP contribution in [0.4, 0.5) is 11.4 Å². The van der Waals surface area contributed by atoms with Crippen LogP contribution in [0.25, 0.3) is 6.08 Å². The Morgan fingerprint density at radius 1 is 1.00 bits per heavy atom. The number of nitro groups is 2. The summed E-state index contributed by atoms with van der Waals surface area (Å²) in [6.45, 7) is -0.0919. The summed E-state index contributed by atoms with van der Waals surface area (Å²) in [5.74, 6) is 0. The number of nitro benzene ring substituents is 2. The van der Waals surface area contributed by atoms with E-state index >= 15 is 0 Å². The molecule has 25 heavy (non-hydrogen) atoms. The molecular weight excluding hydrogens is 350 g/mol. The molecule has 2 aromatic rings. The van der Waals surface area contributed by atoms with E-state index in [9.17, 15) is 28.6 Å². The Labute approximate surface area is 143 Å². The van der Waals surface area contributed by atoms with Crippen LogP contribution in [0.15, 0.2) is 59.5 Å². The first-order valence-corrected chi connectivity index (χ1v) is 8.43. The molecule has 0 aliphatic rings. The van der Waals surface area contributed by atoms with Gasteiger partial charge in [0.1, 0.15) is 0 Å². The molecule has 0 aliphatic heterocycles. The summed E-state index contributed by atoms with van der Waals surface area (Å²) in [4.78, 5) is 19.3. The normalized spacial score (nSPS) is 11.5. The summed E-state index contributed by atoms with van der Waals surface area (Å²) in [6, 6.07) is 11.5. The Morgan fingerprint density at radius 2 is 1.68 bits per heavy atom. The number of nitrogens with zero attached hydrogens (tertiary/aromatic N) is 2. The lowest BCUT2D eigenvalue weighted by atomic mass is 10.2. The molecule has 0 amide bonds. The average Bonchev–Trinajstić information content (AvgIpc) is 2.59. The third-order valence-electron chi connectivity index (χ3n) is 3.14. The first kappa shape index (κ1) is 18.2. The highest BCUT2D eigenvalue weighted by atomic mass is 32.2. The Hall–Kier alpha value is -3.11. The molecule has 2 rings (SSSR count). The minimum atomic E-state index is -4.20. The predicted octanol–water partition coefficient (Wildman–Crippen LogP) is 2.49. The number of hydrogen-bond acceptors (Lipinski definition) is 6. The Kier molecular flexibility index (Phi) is 5.57. The van der Waals surface area contributed by atoms with Crippen LogP contribution in [0.1, 0.15) is 5.56 Å². The van der Waals surface area contributed by atoms with E-state index in [0.717, 1.165) is 17.7 Å². The number of sulfonamides is 1. The van der Waals surface area contributed by atoms with Gasteiger partial charge in [-0.15, -0.1) is 0 Å². The number of nitrogens with one attached hydrogen (secondary N) is 1. The van der Waals surface area contributed by atoms with Gasteiger partial charge in [0.15, 0.2) is 4.90 Å². The molecule has 0 saturated heterocycles. The third-order valence-corrected chi connectivity index (χ3v) is 4.61. The lowest BCUT2D eigenvalue weighted by molar-refractivity contribution is -0.396. The highest BCUT2D eigenvalue weighted by Crippen LogP contribution is 2.28. The molecule has 0 saturated carbocycles. The third kappa shape index (κ3) is 4.68. The molecule has 0 aliphatic carbocycles. The van der Waals surface area contributed by atoms with Crippen molar-refractivity contribution in [2.45, 2.75) is 4.90 Å². The summed E-state index contributed by atoms with van der Waals surface area (Å²) in [5, 5.41) is 21.7. The molecule has 0 fully saturated rings. The summed E-state index contributed by atoms with van der Waals surface area (Å²) in [7, 11) is -4.20. The summed E-state index contributed by atoms with van der Waals surface area (Å²) >= 11 is 0. The number of benzene rings is 2. The molecule has 1 N–H and O–H groups in total. The maximum Gasteiger partial charge on any atom is 0.296 e. The Morgan fingerprint density at radius 3 is 2.28 bits per heavy atom. The molecule has 0 bridgehead atoms. The van der Waals surface area contributed by atoms with Crippen LogP contribution in [0.3, 0.4) is 0 Å². The van der Waals surface area contributed by atoms with Crippen molar-refractivity contribution in [3.63, 3.8) is 0 Å². The van der Waals surface area contributed by atoms with Crippen molar-refractivity contribution in [3.05, 3.63) is 80.4 Å². The van der Waals surface area contributed by atoms with Crippen molar-refractivity contribution >= 4 is 27.5 Å². The minimum Gasteiger partial charge on any atom is -0.258 e. The van der Waals surface area contributed by atoms with Gasteiger partial charge in [0, 0.05) is 12.6 Å². The van der Waals surface area contributed by atoms with Gasteiger partial charge < -0.3 is 0 Å². The van der Waals surface area contributed by atoms with E-state index in [1.54, 1.807) is 12.2 Å². The van der Waals surface area contributed by atoms with Gasteiger partial charge in [-0.3, -0.25) is 20.2 Å². The first-order chi connectivity index (χ1) is 11.8. The quantitative estimate of drug-likeness (QED) is 0.593. The number of non-ortho nitro benzene ring substituents is 1. The van der Waals surface area contributed by atoms with Crippen LogP contribution >= 0.6 is 0 Å². The lowest BCUT2D eigenvalue weighted by Crippen LogP contribution is -2.24. The fraction of sp³-hybridized carbons (Fsp3) is 0.0667. The fourth-order valence-electron chi connectivity index (χ4n) is 1.98. The highest BCUT2D eigenvalue weighted by molar-refractivity contribution is 7.89. The molecule has 130 valence electrons. The van der Waals surface area contributed by atoms with Gasteiger partial charge >= 0.3 is 0 Å². The molecule has 0 spiro atoms. The largest absolute Gasteiger partial charge is 0.296 e. The number of rotatable bonds is 7. The van der Waals surface area contributed by atoms with Crippen molar-refractivity contribution < 1.29 is 18.3 Å². The van der Waals surface area contributed by atoms with Gasteiger partial charge in [-0.2, -0.15) is 0 Å². The second-order valence-corrected chi connectivity index (χ2v) is 6.57. The summed E-state index contributed by atoms with van der Waals surface area (Å²) < 4.78 is 26.7. The van der Waals surface area contributed by atoms with E-state index in [1.165, 1.54) is 0 Å². The first-order valence-electron chi connectivity index (χ1n) is 6.95. The van der Waals surface area contributed by atoms with Crippen LogP contribution in [0, 0.1) is 20.2 Å². The van der Waals surface area contributed by atoms with E-state index in [-0.39, 0.29) is 6.54 Å². The van der Waals surface area contributed by atoms with Crippen molar-refractivity contribution in [3.8, 4) is 0 Å². The average molecular weight is 363 g/mol. The van der Waals surface area contributed by atoms with Gasteiger partial charge in [0.25, 0.3) is 11.4 Å². The van der Waals surface area contributed by atoms with Crippen molar-refractivity contribution in [1.82, 2.24) is 4.72 Å². The molecule has 9 nitrogen and oxygen atoms in total. The van der Waals surface area contributed by atoms with Crippen LogP contribution in [0.2, 0.25) is 0 Å². The van der Waals surface area contributed by atoms with E-state index in [2.05, 4.69) is 4.72 Å². The molecular formula is C15H13N3O6S. The summed E-state index contributed by atoms with van der Waals surface area (Å²) in [6.07, 6.45) is 3.23. The maximum absolute atomic E-state index is 12.2. The topological polar surface area (TPSA) is 132 Å². The van der Waals surface area contributed by atoms with Crippen molar-refractivity contribution in [2.24, 2.45) is 0 Å². The number of hydrogen-bond donors (Lipinski definition) is 1. The van der Waals surface area contributed by atoms with Gasteiger partial charge in [-0.1, -0.05) is 42.5 Å². The Bertz CT molecular complexity index is 926. The molecule has 0 atom stereocenters. The van der Waals surface area contributed by atoms with Crippen molar-refractivity contribution in [2.75, 3.05) is 6.54 Å². The van der Waals surface area contributed by atoms with Gasteiger partial charge in [0.05, 0.1) is 15.9 Å². The molecule has 10 heteroatoms. The monoisotopic (exact) mass is 363 g/mol. The van der Waals surface area contributed by atoms with E-state index < -0.39 is 36.1 Å². The zero-order valence-electron chi connectivity index (χ0n) is 12.7. The smallest absolute Gasteiger partial charge is 0.258 e. The zero-order chi connectivity index (χ0) is 18.4. The minimum absolute atomic E-state index is 0.0919. The summed E-state index contributed by atoms with van der Waals surface area (Å²) in [5.41, 5.74) is -0.550. The molecule has 2 aromatic carbocycles. The second-order valence-electron chi connectivity index (χ2n) is 4.83. The second kappa shape index (κ2) is 7.64.